The van der Waals surface area contributed by atoms with Gasteiger partial charge in [0.15, 0.2) is 34.5 Å². The second-order valence-electron chi connectivity index (χ2n) is 8.90. The molecule has 0 spiro atoms. The Morgan fingerprint density at radius 1 is 0.795 bits per heavy atom. The number of halogens is 1. The van der Waals surface area contributed by atoms with Crippen molar-refractivity contribution in [2.75, 3.05) is 13.6 Å². The molecule has 0 saturated carbocycles. The number of hydrogen-bond acceptors (Lipinski definition) is 8. The van der Waals surface area contributed by atoms with Crippen LogP contribution in [0.1, 0.15) is 37.7 Å². The predicted molar refractivity (Wildman–Crippen MR) is 133 cm³/mol. The van der Waals surface area contributed by atoms with Gasteiger partial charge in [0.05, 0.1) is 6.54 Å². The summed E-state index contributed by atoms with van der Waals surface area (Å²) in [6, 6.07) is 17.6. The molecule has 1 N–H and O–H groups in total. The number of amides is 2. The van der Waals surface area contributed by atoms with Crippen LogP contribution >= 0.6 is 0 Å². The number of hydrogen-bond donors (Lipinski definition) is 1. The largest absolute Gasteiger partial charge is 0.454 e. The van der Waals surface area contributed by atoms with Crippen molar-refractivity contribution in [1.29, 1.82) is 0 Å². The van der Waals surface area contributed by atoms with Crippen molar-refractivity contribution in [3.63, 3.8) is 0 Å². The Kier molecular flexibility index (Phi) is 6.45. The quantitative estimate of drug-likeness (QED) is 0.363. The Morgan fingerprint density at radius 3 is 2.15 bits per heavy atom. The summed E-state index contributed by atoms with van der Waals surface area (Å²) < 4.78 is 40.3. The molecule has 0 radical (unpaired) electrons. The molecule has 2 aliphatic heterocycles. The van der Waals surface area contributed by atoms with Gasteiger partial charge in [-0.1, -0.05) is 17.3 Å². The molecule has 0 atom stereocenters. The second kappa shape index (κ2) is 10.4. The van der Waals surface area contributed by atoms with Crippen LogP contribution in [0.4, 0.5) is 4.39 Å². The van der Waals surface area contributed by atoms with Crippen LogP contribution in [0, 0.1) is 5.82 Å². The van der Waals surface area contributed by atoms with Gasteiger partial charge in [0.25, 0.3) is 11.8 Å². The summed E-state index contributed by atoms with van der Waals surface area (Å²) in [5, 5.41) is 6.67. The molecule has 2 aliphatic rings. The van der Waals surface area contributed by atoms with E-state index in [0.717, 1.165) is 11.1 Å². The Hall–Kier alpha value is -5.06. The van der Waals surface area contributed by atoms with Crippen LogP contribution in [0.3, 0.4) is 0 Å². The third kappa shape index (κ3) is 5.33. The van der Waals surface area contributed by atoms with Crippen LogP contribution in [-0.2, 0) is 19.6 Å². The van der Waals surface area contributed by atoms with Gasteiger partial charge in [0, 0.05) is 24.7 Å². The fraction of sp³-hybridized carbons (Fsp3) is 0.179. The van der Waals surface area contributed by atoms with Gasteiger partial charge in [-0.25, -0.2) is 4.39 Å². The van der Waals surface area contributed by atoms with E-state index in [0.29, 0.717) is 34.3 Å². The molecule has 0 unspecified atom stereocenters. The monoisotopic (exact) mass is 531 g/mol. The summed E-state index contributed by atoms with van der Waals surface area (Å²) in [5.41, 5.74) is 1.99. The average Bonchev–Trinajstić information content (AvgIpc) is 3.72. The predicted octanol–water partition coefficient (Wildman–Crippen LogP) is 4.04. The van der Waals surface area contributed by atoms with E-state index in [1.807, 2.05) is 12.1 Å². The molecule has 2 amide bonds. The minimum Gasteiger partial charge on any atom is -0.454 e. The smallest absolute Gasteiger partial charge is 0.273 e. The summed E-state index contributed by atoms with van der Waals surface area (Å²) >= 11 is 0. The van der Waals surface area contributed by atoms with Gasteiger partial charge in [-0.05, 0) is 59.7 Å². The minimum absolute atomic E-state index is 0.0209. The molecular weight excluding hydrogens is 509 g/mol. The number of ether oxygens (including phenoxy) is 4. The topological polar surface area (TPSA) is 112 Å². The van der Waals surface area contributed by atoms with Crippen LogP contribution in [0.15, 0.2) is 71.3 Å². The van der Waals surface area contributed by atoms with Crippen LogP contribution in [0.25, 0.3) is 0 Å². The minimum atomic E-state index is -0.444. The molecule has 198 valence electrons. The molecule has 11 heteroatoms. The van der Waals surface area contributed by atoms with Crippen molar-refractivity contribution in [3.05, 3.63) is 101 Å². The third-order valence-corrected chi connectivity index (χ3v) is 6.22. The SMILES string of the molecule is O=C(NCc1ccc2c(c1)OCO2)c1cc(CN(Cc2ccc3c(c2)OCO3)C(=O)c2ccc(F)cc2)on1. The lowest BCUT2D eigenvalue weighted by atomic mass is 10.1. The third-order valence-electron chi connectivity index (χ3n) is 6.22. The molecule has 1 aromatic heterocycles. The zero-order valence-corrected chi connectivity index (χ0v) is 20.5. The lowest BCUT2D eigenvalue weighted by Gasteiger charge is -2.22. The summed E-state index contributed by atoms with van der Waals surface area (Å²) in [6.07, 6.45) is 0. The molecule has 0 aliphatic carbocycles. The van der Waals surface area contributed by atoms with Crippen molar-refractivity contribution >= 4 is 11.8 Å². The van der Waals surface area contributed by atoms with E-state index in [2.05, 4.69) is 10.5 Å². The number of nitrogens with zero attached hydrogens (tertiary/aromatic N) is 2. The van der Waals surface area contributed by atoms with Gasteiger partial charge >= 0.3 is 0 Å². The highest BCUT2D eigenvalue weighted by Crippen LogP contribution is 2.34. The summed E-state index contributed by atoms with van der Waals surface area (Å²) in [5.74, 6) is 1.57. The Morgan fingerprint density at radius 2 is 1.44 bits per heavy atom. The van der Waals surface area contributed by atoms with Crippen LogP contribution in [0.5, 0.6) is 23.0 Å². The normalized spacial score (nSPS) is 12.8. The zero-order chi connectivity index (χ0) is 26.8. The maximum absolute atomic E-state index is 13.5. The number of rotatable bonds is 8. The van der Waals surface area contributed by atoms with E-state index in [1.165, 1.54) is 35.2 Å². The molecule has 3 aromatic carbocycles. The van der Waals surface area contributed by atoms with Gasteiger partial charge in [-0.3, -0.25) is 9.59 Å². The highest BCUT2D eigenvalue weighted by atomic mass is 19.1. The lowest BCUT2D eigenvalue weighted by Crippen LogP contribution is -2.30. The fourth-order valence-electron chi connectivity index (χ4n) is 4.24. The molecule has 0 saturated heterocycles. The second-order valence-corrected chi connectivity index (χ2v) is 8.90. The first-order chi connectivity index (χ1) is 19.0. The van der Waals surface area contributed by atoms with Crippen molar-refractivity contribution < 1.29 is 37.5 Å². The number of aromatic nitrogens is 1. The van der Waals surface area contributed by atoms with Crippen molar-refractivity contribution in [1.82, 2.24) is 15.4 Å². The summed E-state index contributed by atoms with van der Waals surface area (Å²) in [7, 11) is 0. The molecular formula is C28H22FN3O7. The Labute approximate surface area is 221 Å². The van der Waals surface area contributed by atoms with Crippen molar-refractivity contribution in [3.8, 4) is 23.0 Å². The number of carbonyl (C=O) groups is 2. The number of fused-ring (bicyclic) bond motifs is 2. The van der Waals surface area contributed by atoms with E-state index < -0.39 is 11.7 Å². The summed E-state index contributed by atoms with van der Waals surface area (Å²) in [6.45, 7) is 0.764. The molecule has 3 heterocycles. The van der Waals surface area contributed by atoms with Gasteiger partial charge in [0.1, 0.15) is 5.82 Å². The standard InChI is InChI=1S/C28H22FN3O7/c29-20-5-3-19(4-6-20)28(34)32(13-18-2-8-24-26(10-18)38-16-36-24)14-21-11-22(31-39-21)27(33)30-12-17-1-7-23-25(9-17)37-15-35-23/h1-11H,12-16H2,(H,30,33). The van der Waals surface area contributed by atoms with Gasteiger partial charge < -0.3 is 33.7 Å². The highest BCUT2D eigenvalue weighted by molar-refractivity contribution is 5.94. The van der Waals surface area contributed by atoms with Gasteiger partial charge in [0.2, 0.25) is 13.6 Å². The molecule has 0 fully saturated rings. The Balaban J connectivity index is 1.16. The van der Waals surface area contributed by atoms with E-state index in [9.17, 15) is 14.0 Å². The van der Waals surface area contributed by atoms with E-state index in [4.69, 9.17) is 23.5 Å². The number of carbonyl (C=O) groups excluding carboxylic acids is 2. The zero-order valence-electron chi connectivity index (χ0n) is 20.5. The van der Waals surface area contributed by atoms with E-state index in [1.54, 1.807) is 24.3 Å². The first-order valence-electron chi connectivity index (χ1n) is 12.1. The molecule has 4 aromatic rings. The highest BCUT2D eigenvalue weighted by Gasteiger charge is 2.22. The Bertz CT molecular complexity index is 1540. The van der Waals surface area contributed by atoms with Crippen LogP contribution < -0.4 is 24.3 Å². The van der Waals surface area contributed by atoms with E-state index in [-0.39, 0.29) is 44.8 Å². The first-order valence-corrected chi connectivity index (χ1v) is 12.1. The number of nitrogens with one attached hydrogen (secondary N) is 1. The van der Waals surface area contributed by atoms with Crippen LogP contribution in [-0.4, -0.2) is 35.5 Å². The average molecular weight is 531 g/mol. The molecule has 10 nitrogen and oxygen atoms in total. The van der Waals surface area contributed by atoms with Crippen molar-refractivity contribution in [2.45, 2.75) is 19.6 Å². The fourth-order valence-corrected chi connectivity index (χ4v) is 4.24. The lowest BCUT2D eigenvalue weighted by molar-refractivity contribution is 0.0712. The van der Waals surface area contributed by atoms with E-state index >= 15 is 0 Å². The summed E-state index contributed by atoms with van der Waals surface area (Å²) in [4.78, 5) is 27.6. The molecule has 39 heavy (non-hydrogen) atoms. The number of benzene rings is 3. The van der Waals surface area contributed by atoms with Gasteiger partial charge in [-0.2, -0.15) is 0 Å². The van der Waals surface area contributed by atoms with Crippen LogP contribution in [0.2, 0.25) is 0 Å². The maximum atomic E-state index is 13.5. The van der Waals surface area contributed by atoms with Gasteiger partial charge in [-0.15, -0.1) is 0 Å². The maximum Gasteiger partial charge on any atom is 0.273 e. The molecule has 6 rings (SSSR count). The first kappa shape index (κ1) is 24.3. The van der Waals surface area contributed by atoms with Crippen molar-refractivity contribution in [2.24, 2.45) is 0 Å². The molecule has 0 bridgehead atoms.